The van der Waals surface area contributed by atoms with Crippen LogP contribution in [0.4, 0.5) is 0 Å². The van der Waals surface area contributed by atoms with Crippen molar-refractivity contribution in [3.05, 3.63) is 0 Å². The molecule has 3 atom stereocenters. The number of aliphatic hydroxyl groups is 3. The van der Waals surface area contributed by atoms with Crippen LogP contribution >= 0.6 is 0 Å². The SMILES string of the molecule is CC(C)[C@H](CO)NC(C)(C)C.CCN(CC)CCNC(C)(C)C.CC[C@@H](CO)NC(C)(C)C.CC[C@H](CO)NC(C)(C)C. The van der Waals surface area contributed by atoms with Gasteiger partial charge in [0, 0.05) is 53.4 Å². The Balaban J connectivity index is -0.000000236. The van der Waals surface area contributed by atoms with Crippen LogP contribution in [0.15, 0.2) is 0 Å². The van der Waals surface area contributed by atoms with Crippen molar-refractivity contribution in [3.63, 3.8) is 0 Å². The summed E-state index contributed by atoms with van der Waals surface area (Å²) in [5, 5.41) is 40.1. The summed E-state index contributed by atoms with van der Waals surface area (Å²) in [5.41, 5.74) is 0.581. The van der Waals surface area contributed by atoms with Crippen molar-refractivity contribution >= 4 is 0 Å². The molecule has 0 aromatic heterocycles. The number of hydrogen-bond acceptors (Lipinski definition) is 8. The van der Waals surface area contributed by atoms with E-state index in [4.69, 9.17) is 15.3 Å². The summed E-state index contributed by atoms with van der Waals surface area (Å²) in [4.78, 5) is 2.43. The molecule has 0 aliphatic carbocycles. The van der Waals surface area contributed by atoms with Gasteiger partial charge in [0.25, 0.3) is 0 Å². The van der Waals surface area contributed by atoms with E-state index in [0.29, 0.717) is 5.92 Å². The van der Waals surface area contributed by atoms with Crippen LogP contribution in [0.2, 0.25) is 0 Å². The molecule has 0 aromatic rings. The van der Waals surface area contributed by atoms with Gasteiger partial charge in [0.1, 0.15) is 0 Å². The third-order valence-electron chi connectivity index (χ3n) is 6.30. The third kappa shape index (κ3) is 41.7. The lowest BCUT2D eigenvalue weighted by Gasteiger charge is -2.29. The average Bonchev–Trinajstić information content (AvgIpc) is 2.85. The van der Waals surface area contributed by atoms with Crippen molar-refractivity contribution in [1.82, 2.24) is 26.2 Å². The second-order valence-corrected chi connectivity index (χ2v) is 16.0. The number of aliphatic hydroxyl groups excluding tert-OH is 3. The first-order chi connectivity index (χ1) is 19.3. The van der Waals surface area contributed by atoms with Gasteiger partial charge in [-0.1, -0.05) is 41.5 Å². The molecule has 0 heterocycles. The van der Waals surface area contributed by atoms with Crippen molar-refractivity contribution in [2.75, 3.05) is 46.0 Å². The molecule has 0 saturated heterocycles. The normalized spacial score (nSPS) is 14.6. The predicted octanol–water partition coefficient (Wildman–Crippen LogP) is 5.40. The Labute approximate surface area is 271 Å². The van der Waals surface area contributed by atoms with Gasteiger partial charge in [-0.3, -0.25) is 0 Å². The zero-order valence-electron chi connectivity index (χ0n) is 32.5. The maximum Gasteiger partial charge on any atom is 0.0587 e. The molecule has 43 heavy (non-hydrogen) atoms. The lowest BCUT2D eigenvalue weighted by atomic mass is 10.0. The highest BCUT2D eigenvalue weighted by molar-refractivity contribution is 4.79. The first-order valence-corrected chi connectivity index (χ1v) is 17.0. The van der Waals surface area contributed by atoms with Gasteiger partial charge in [-0.15, -0.1) is 0 Å². The molecular formula is C35H83N5O3. The number of rotatable bonds is 14. The van der Waals surface area contributed by atoms with E-state index in [9.17, 15) is 0 Å². The van der Waals surface area contributed by atoms with Crippen LogP contribution in [0.3, 0.4) is 0 Å². The summed E-state index contributed by atoms with van der Waals surface area (Å²) in [7, 11) is 0. The van der Waals surface area contributed by atoms with E-state index in [1.54, 1.807) is 0 Å². The summed E-state index contributed by atoms with van der Waals surface area (Å²) in [6, 6.07) is 0.718. The highest BCUT2D eigenvalue weighted by Gasteiger charge is 2.19. The summed E-state index contributed by atoms with van der Waals surface area (Å²) in [6.07, 6.45) is 1.96. The number of likely N-dealkylation sites (N-methyl/N-ethyl adjacent to an activating group) is 1. The topological polar surface area (TPSA) is 112 Å². The maximum atomic E-state index is 9.00. The Morgan fingerprint density at radius 2 is 0.884 bits per heavy atom. The van der Waals surface area contributed by atoms with Crippen molar-refractivity contribution in [1.29, 1.82) is 0 Å². The zero-order chi connectivity index (χ0) is 35.1. The average molecular weight is 622 g/mol. The first-order valence-electron chi connectivity index (χ1n) is 17.0. The minimum absolute atomic E-state index is 0.0949. The van der Waals surface area contributed by atoms with Crippen LogP contribution in [0.25, 0.3) is 0 Å². The standard InChI is InChI=1S/C10H24N2.C9H21NO.2C8H19NO/c1-6-12(7-2)9-8-11-10(3,4)5;1-7(2)8(6-11)10-9(3,4)5;2*1-5-7(6-10)9-8(2,3)4/h11H,6-9H2,1-5H3;7-8,10-11H,6H2,1-5H3;2*7,9-10H,5-6H2,1-4H3/t;8-;2*7-/m.010/s1. The number of hydrogen-bond donors (Lipinski definition) is 7. The van der Waals surface area contributed by atoms with E-state index in [-0.39, 0.29) is 60.1 Å². The Morgan fingerprint density at radius 1 is 0.535 bits per heavy atom. The lowest BCUT2D eigenvalue weighted by molar-refractivity contribution is 0.184. The van der Waals surface area contributed by atoms with Crippen LogP contribution in [-0.4, -0.2) is 107 Å². The fraction of sp³-hybridized carbons (Fsp3) is 1.00. The van der Waals surface area contributed by atoms with E-state index in [0.717, 1.165) is 39.0 Å². The van der Waals surface area contributed by atoms with Crippen molar-refractivity contribution < 1.29 is 15.3 Å². The quantitative estimate of drug-likeness (QED) is 0.138. The monoisotopic (exact) mass is 622 g/mol. The van der Waals surface area contributed by atoms with Crippen LogP contribution in [-0.2, 0) is 0 Å². The largest absolute Gasteiger partial charge is 0.395 e. The molecule has 0 aliphatic rings. The fourth-order valence-corrected chi connectivity index (χ4v) is 3.89. The van der Waals surface area contributed by atoms with E-state index in [2.05, 4.69) is 151 Å². The molecule has 0 fully saturated rings. The Bertz CT molecular complexity index is 554. The zero-order valence-corrected chi connectivity index (χ0v) is 32.5. The van der Waals surface area contributed by atoms with Gasteiger partial charge in [-0.05, 0) is 115 Å². The van der Waals surface area contributed by atoms with Crippen molar-refractivity contribution in [2.24, 2.45) is 5.92 Å². The van der Waals surface area contributed by atoms with E-state index < -0.39 is 0 Å². The minimum atomic E-state index is 0.0949. The van der Waals surface area contributed by atoms with Gasteiger partial charge >= 0.3 is 0 Å². The highest BCUT2D eigenvalue weighted by Crippen LogP contribution is 2.07. The molecule has 0 unspecified atom stereocenters. The molecule has 0 saturated carbocycles. The fourth-order valence-electron chi connectivity index (χ4n) is 3.89. The van der Waals surface area contributed by atoms with Crippen LogP contribution in [0.5, 0.6) is 0 Å². The third-order valence-corrected chi connectivity index (χ3v) is 6.30. The highest BCUT2D eigenvalue weighted by atomic mass is 16.3. The van der Waals surface area contributed by atoms with Crippen molar-refractivity contribution in [3.8, 4) is 0 Å². The Morgan fingerprint density at radius 3 is 1.02 bits per heavy atom. The second kappa shape index (κ2) is 25.8. The van der Waals surface area contributed by atoms with E-state index >= 15 is 0 Å². The smallest absolute Gasteiger partial charge is 0.0587 e. The Hall–Kier alpha value is -0.320. The van der Waals surface area contributed by atoms with Crippen LogP contribution in [0, 0.1) is 5.92 Å². The molecular weight excluding hydrogens is 538 g/mol. The number of nitrogens with zero attached hydrogens (tertiary/aromatic N) is 1. The summed E-state index contributed by atoms with van der Waals surface area (Å²) in [5.74, 6) is 0.485. The summed E-state index contributed by atoms with van der Waals surface area (Å²) in [6.45, 7) is 43.6. The minimum Gasteiger partial charge on any atom is -0.395 e. The molecule has 0 rings (SSSR count). The molecule has 7 N–H and O–H groups in total. The molecule has 0 bridgehead atoms. The Kier molecular flexibility index (Phi) is 29.8. The molecule has 0 spiro atoms. The summed E-state index contributed by atoms with van der Waals surface area (Å²) < 4.78 is 0. The first kappa shape index (κ1) is 49.6. The maximum absolute atomic E-state index is 9.00. The molecule has 0 radical (unpaired) electrons. The molecule has 8 heteroatoms. The van der Waals surface area contributed by atoms with Crippen LogP contribution in [0.1, 0.15) is 137 Å². The van der Waals surface area contributed by atoms with Gasteiger partial charge in [0.2, 0.25) is 0 Å². The van der Waals surface area contributed by atoms with Gasteiger partial charge in [0.15, 0.2) is 0 Å². The van der Waals surface area contributed by atoms with Gasteiger partial charge in [-0.25, -0.2) is 0 Å². The second-order valence-electron chi connectivity index (χ2n) is 16.0. The summed E-state index contributed by atoms with van der Waals surface area (Å²) >= 11 is 0. The molecule has 0 amide bonds. The van der Waals surface area contributed by atoms with E-state index in [1.807, 2.05) is 0 Å². The molecule has 266 valence electrons. The molecule has 0 aliphatic heterocycles. The molecule has 8 nitrogen and oxygen atoms in total. The van der Waals surface area contributed by atoms with Gasteiger partial charge in [0.05, 0.1) is 19.8 Å². The van der Waals surface area contributed by atoms with Gasteiger partial charge < -0.3 is 41.5 Å². The molecule has 0 aromatic carbocycles. The van der Waals surface area contributed by atoms with E-state index in [1.165, 1.54) is 0 Å². The van der Waals surface area contributed by atoms with Crippen LogP contribution < -0.4 is 21.3 Å². The predicted molar refractivity (Wildman–Crippen MR) is 192 cm³/mol. The lowest BCUT2D eigenvalue weighted by Crippen LogP contribution is -2.48. The van der Waals surface area contributed by atoms with Gasteiger partial charge in [-0.2, -0.15) is 0 Å². The number of nitrogens with one attached hydrogen (secondary N) is 4. The van der Waals surface area contributed by atoms with Crippen molar-refractivity contribution in [2.45, 2.75) is 178 Å².